The van der Waals surface area contributed by atoms with E-state index in [9.17, 15) is 14.4 Å². The van der Waals surface area contributed by atoms with Gasteiger partial charge in [0.05, 0.1) is 11.3 Å². The number of H-pyrrole nitrogens is 1. The summed E-state index contributed by atoms with van der Waals surface area (Å²) in [5.74, 6) is -0.220. The summed E-state index contributed by atoms with van der Waals surface area (Å²) >= 11 is 0. The molecule has 0 saturated carbocycles. The molecule has 0 atom stereocenters. The normalized spacial score (nSPS) is 11.0. The predicted molar refractivity (Wildman–Crippen MR) is 85.5 cm³/mol. The van der Waals surface area contributed by atoms with Crippen LogP contribution in [0.25, 0.3) is 11.3 Å². The van der Waals surface area contributed by atoms with Crippen LogP contribution in [0.3, 0.4) is 0 Å². The minimum absolute atomic E-state index is 0.192. The molecule has 120 valence electrons. The largest absolute Gasteiger partial charge is 0.444 e. The molecular weight excluding hydrogens is 297 g/mol. The van der Waals surface area contributed by atoms with Crippen LogP contribution in [0.5, 0.6) is 0 Å². The maximum Gasteiger partial charge on any atom is 0.413 e. The van der Waals surface area contributed by atoms with Gasteiger partial charge in [-0.05, 0) is 45.4 Å². The zero-order valence-corrected chi connectivity index (χ0v) is 13.5. The van der Waals surface area contributed by atoms with E-state index in [1.54, 1.807) is 45.9 Å². The maximum atomic E-state index is 14.0. The summed E-state index contributed by atoms with van der Waals surface area (Å²) in [5.41, 5.74) is 0.926. The van der Waals surface area contributed by atoms with Crippen LogP contribution in [-0.2, 0) is 4.74 Å². The van der Waals surface area contributed by atoms with Crippen molar-refractivity contribution >= 4 is 11.9 Å². The third-order valence-corrected chi connectivity index (χ3v) is 3.13. The van der Waals surface area contributed by atoms with Gasteiger partial charge in [0, 0.05) is 5.56 Å². The average molecular weight is 315 g/mol. The third-order valence-electron chi connectivity index (χ3n) is 3.13. The minimum Gasteiger partial charge on any atom is -0.444 e. The van der Waals surface area contributed by atoms with Gasteiger partial charge in [0.1, 0.15) is 23.3 Å². The van der Waals surface area contributed by atoms with Gasteiger partial charge < -0.3 is 9.72 Å². The van der Waals surface area contributed by atoms with Crippen LogP contribution in [0.15, 0.2) is 24.3 Å². The average Bonchev–Trinajstić information content (AvgIpc) is 2.73. The standard InChI is InChI=1S/C17H18FN3O2/c1-10-12(9-19)15(21-16(22)23-17(2,3)4)20-14(10)11-7-5-6-8-13(11)18/h5-8,20H,1-4H3,(H,21,22). The lowest BCUT2D eigenvalue weighted by Crippen LogP contribution is -2.27. The van der Waals surface area contributed by atoms with Crippen molar-refractivity contribution in [2.24, 2.45) is 0 Å². The molecule has 2 rings (SSSR count). The van der Waals surface area contributed by atoms with E-state index in [1.165, 1.54) is 6.07 Å². The van der Waals surface area contributed by atoms with Crippen molar-refractivity contribution in [1.29, 1.82) is 5.26 Å². The van der Waals surface area contributed by atoms with Crippen LogP contribution in [0.4, 0.5) is 15.0 Å². The number of hydrogen-bond donors (Lipinski definition) is 2. The van der Waals surface area contributed by atoms with E-state index in [0.29, 0.717) is 16.8 Å². The van der Waals surface area contributed by atoms with Gasteiger partial charge in [-0.1, -0.05) is 12.1 Å². The fourth-order valence-electron chi connectivity index (χ4n) is 2.17. The number of nitriles is 1. The molecule has 0 radical (unpaired) electrons. The molecule has 0 fully saturated rings. The van der Waals surface area contributed by atoms with Gasteiger partial charge in [0.2, 0.25) is 0 Å². The van der Waals surface area contributed by atoms with Crippen LogP contribution in [0.1, 0.15) is 31.9 Å². The van der Waals surface area contributed by atoms with Gasteiger partial charge in [-0.3, -0.25) is 5.32 Å². The number of halogens is 1. The molecule has 0 saturated heterocycles. The van der Waals surface area contributed by atoms with Crippen LogP contribution in [-0.4, -0.2) is 16.7 Å². The number of aromatic nitrogens is 1. The van der Waals surface area contributed by atoms with Crippen LogP contribution >= 0.6 is 0 Å². The number of carbonyl (C=O) groups is 1. The molecular formula is C17H18FN3O2. The molecule has 0 unspecified atom stereocenters. The van der Waals surface area contributed by atoms with E-state index < -0.39 is 17.5 Å². The van der Waals surface area contributed by atoms with Crippen molar-refractivity contribution in [2.45, 2.75) is 33.3 Å². The molecule has 1 heterocycles. The first-order valence-electron chi connectivity index (χ1n) is 7.10. The van der Waals surface area contributed by atoms with Crippen molar-refractivity contribution < 1.29 is 13.9 Å². The number of amides is 1. The van der Waals surface area contributed by atoms with E-state index in [2.05, 4.69) is 10.3 Å². The Morgan fingerprint density at radius 1 is 1.35 bits per heavy atom. The molecule has 2 N–H and O–H groups in total. The molecule has 2 aromatic rings. The van der Waals surface area contributed by atoms with Crippen LogP contribution < -0.4 is 5.32 Å². The molecule has 23 heavy (non-hydrogen) atoms. The SMILES string of the molecule is Cc1c(-c2ccccc2F)[nH]c(NC(=O)OC(C)(C)C)c1C#N. The first-order valence-corrected chi connectivity index (χ1v) is 7.10. The van der Waals surface area contributed by atoms with Gasteiger partial charge in [-0.25, -0.2) is 9.18 Å². The Labute approximate surface area is 134 Å². The summed E-state index contributed by atoms with van der Waals surface area (Å²) in [4.78, 5) is 14.8. The molecule has 1 aromatic carbocycles. The Kier molecular flexibility index (Phi) is 4.41. The van der Waals surface area contributed by atoms with E-state index in [4.69, 9.17) is 4.74 Å². The molecule has 0 spiro atoms. The number of aromatic amines is 1. The number of benzene rings is 1. The molecule has 1 amide bonds. The Morgan fingerprint density at radius 2 is 2.00 bits per heavy atom. The molecule has 1 aromatic heterocycles. The molecule has 6 heteroatoms. The second kappa shape index (κ2) is 6.13. The Hall–Kier alpha value is -2.81. The summed E-state index contributed by atoms with van der Waals surface area (Å²) in [6.07, 6.45) is -0.685. The molecule has 0 aliphatic heterocycles. The van der Waals surface area contributed by atoms with Crippen molar-refractivity contribution in [3.8, 4) is 17.3 Å². The predicted octanol–water partition coefficient (Wildman–Crippen LogP) is 4.35. The third kappa shape index (κ3) is 3.69. The van der Waals surface area contributed by atoms with Gasteiger partial charge in [-0.15, -0.1) is 0 Å². The monoisotopic (exact) mass is 315 g/mol. The smallest absolute Gasteiger partial charge is 0.413 e. The number of nitrogens with zero attached hydrogens (tertiary/aromatic N) is 1. The number of carbonyl (C=O) groups excluding carboxylic acids is 1. The lowest BCUT2D eigenvalue weighted by atomic mass is 10.1. The highest BCUT2D eigenvalue weighted by atomic mass is 19.1. The van der Waals surface area contributed by atoms with E-state index >= 15 is 0 Å². The first-order chi connectivity index (χ1) is 10.7. The lowest BCUT2D eigenvalue weighted by Gasteiger charge is -2.19. The Morgan fingerprint density at radius 3 is 2.57 bits per heavy atom. The fraction of sp³-hybridized carbons (Fsp3) is 0.294. The van der Waals surface area contributed by atoms with Crippen molar-refractivity contribution in [3.05, 3.63) is 41.2 Å². The molecule has 0 aliphatic rings. The van der Waals surface area contributed by atoms with Crippen LogP contribution in [0.2, 0.25) is 0 Å². The number of hydrogen-bond acceptors (Lipinski definition) is 3. The molecule has 0 bridgehead atoms. The zero-order chi connectivity index (χ0) is 17.2. The van der Waals surface area contributed by atoms with Gasteiger partial charge in [0.15, 0.2) is 0 Å². The van der Waals surface area contributed by atoms with Crippen molar-refractivity contribution in [1.82, 2.24) is 4.98 Å². The van der Waals surface area contributed by atoms with Gasteiger partial charge in [-0.2, -0.15) is 5.26 Å². The quantitative estimate of drug-likeness (QED) is 0.865. The minimum atomic E-state index is -0.685. The summed E-state index contributed by atoms with van der Waals surface area (Å²) in [7, 11) is 0. The Balaban J connectivity index is 2.40. The molecule has 5 nitrogen and oxygen atoms in total. The maximum absolute atomic E-state index is 14.0. The zero-order valence-electron chi connectivity index (χ0n) is 13.5. The number of nitrogens with one attached hydrogen (secondary N) is 2. The summed E-state index contributed by atoms with van der Waals surface area (Å²) in [6, 6.07) is 8.24. The highest BCUT2D eigenvalue weighted by Gasteiger charge is 2.21. The van der Waals surface area contributed by atoms with E-state index in [0.717, 1.165) is 0 Å². The Bertz CT molecular complexity index is 782. The second-order valence-corrected chi connectivity index (χ2v) is 6.09. The molecule has 0 aliphatic carbocycles. The highest BCUT2D eigenvalue weighted by Crippen LogP contribution is 2.31. The second-order valence-electron chi connectivity index (χ2n) is 6.09. The number of ether oxygens (including phenoxy) is 1. The van der Waals surface area contributed by atoms with Crippen molar-refractivity contribution in [2.75, 3.05) is 5.32 Å². The van der Waals surface area contributed by atoms with E-state index in [1.807, 2.05) is 6.07 Å². The summed E-state index contributed by atoms with van der Waals surface area (Å²) in [6.45, 7) is 6.91. The topological polar surface area (TPSA) is 77.9 Å². The van der Waals surface area contributed by atoms with Gasteiger partial charge >= 0.3 is 6.09 Å². The summed E-state index contributed by atoms with van der Waals surface area (Å²) in [5, 5.41) is 11.8. The fourth-order valence-corrected chi connectivity index (χ4v) is 2.17. The van der Waals surface area contributed by atoms with Crippen LogP contribution in [0, 0.1) is 24.1 Å². The highest BCUT2D eigenvalue weighted by molar-refractivity contribution is 5.88. The number of rotatable bonds is 2. The lowest BCUT2D eigenvalue weighted by molar-refractivity contribution is 0.0635. The first kappa shape index (κ1) is 16.6. The summed E-state index contributed by atoms with van der Waals surface area (Å²) < 4.78 is 19.1. The van der Waals surface area contributed by atoms with E-state index in [-0.39, 0.29) is 11.4 Å². The number of anilines is 1. The van der Waals surface area contributed by atoms with Gasteiger partial charge in [0.25, 0.3) is 0 Å². The van der Waals surface area contributed by atoms with Crippen molar-refractivity contribution in [3.63, 3.8) is 0 Å².